The average Bonchev–Trinajstić information content (AvgIpc) is 3.12. The molecule has 4 rings (SSSR count). The Morgan fingerprint density at radius 1 is 1.03 bits per heavy atom. The summed E-state index contributed by atoms with van der Waals surface area (Å²) in [5.74, 6) is -0.190. The standard InChI is InChI=1S/C25H32ClN3O5S/c1-25(2,3)34-24(31)27-19-7-9-20(10-8-19)29-13-12-22(23(29)30)28-35(32,33)21-11-5-16-14-18(26)6-4-17(16)15-21/h4-6,11,14-15,19-20,22,28H,7-10,12-13H2,1-3H3,(H,27,31)/t19?,20?,22-/m0/s1. The third-order valence-electron chi connectivity index (χ3n) is 6.48. The molecule has 2 N–H and O–H groups in total. The lowest BCUT2D eigenvalue weighted by Gasteiger charge is -2.35. The van der Waals surface area contributed by atoms with Crippen LogP contribution in [0.25, 0.3) is 10.8 Å². The minimum atomic E-state index is -3.86. The SMILES string of the molecule is CC(C)(C)OC(=O)NC1CCC(N2CC[C@H](NS(=O)(=O)c3ccc4cc(Cl)ccc4c3)C2=O)CC1. The molecule has 10 heteroatoms. The second kappa shape index (κ2) is 9.95. The Balaban J connectivity index is 1.33. The van der Waals surface area contributed by atoms with Gasteiger partial charge in [0, 0.05) is 23.7 Å². The van der Waals surface area contributed by atoms with Crippen molar-refractivity contribution < 1.29 is 22.7 Å². The lowest BCUT2D eigenvalue weighted by atomic mass is 9.90. The van der Waals surface area contributed by atoms with Crippen LogP contribution in [0.3, 0.4) is 0 Å². The van der Waals surface area contributed by atoms with E-state index < -0.39 is 27.8 Å². The maximum absolute atomic E-state index is 13.1. The smallest absolute Gasteiger partial charge is 0.407 e. The quantitative estimate of drug-likeness (QED) is 0.613. The van der Waals surface area contributed by atoms with Gasteiger partial charge >= 0.3 is 6.09 Å². The maximum Gasteiger partial charge on any atom is 0.407 e. The second-order valence-corrected chi connectivity index (χ2v) is 12.4. The monoisotopic (exact) mass is 521 g/mol. The Morgan fingerprint density at radius 3 is 2.37 bits per heavy atom. The largest absolute Gasteiger partial charge is 0.444 e. The summed E-state index contributed by atoms with van der Waals surface area (Å²) >= 11 is 6.01. The maximum atomic E-state index is 13.1. The van der Waals surface area contributed by atoms with Gasteiger partial charge in [-0.05, 0) is 87.9 Å². The molecule has 0 bridgehead atoms. The minimum absolute atomic E-state index is 0.0101. The number of benzene rings is 2. The zero-order valence-corrected chi connectivity index (χ0v) is 21.8. The topological polar surface area (TPSA) is 105 Å². The van der Waals surface area contributed by atoms with Gasteiger partial charge in [-0.25, -0.2) is 13.2 Å². The van der Waals surface area contributed by atoms with E-state index in [9.17, 15) is 18.0 Å². The molecule has 2 aromatic carbocycles. The number of fused-ring (bicyclic) bond motifs is 1. The Hall–Kier alpha value is -2.36. The molecule has 0 aromatic heterocycles. The summed E-state index contributed by atoms with van der Waals surface area (Å²) in [6.07, 6.45) is 2.98. The van der Waals surface area contributed by atoms with Crippen LogP contribution in [0, 0.1) is 0 Å². The predicted octanol–water partition coefficient (Wildman–Crippen LogP) is 4.21. The van der Waals surface area contributed by atoms with Crippen LogP contribution in [0.15, 0.2) is 41.3 Å². The first-order valence-corrected chi connectivity index (χ1v) is 13.8. The number of rotatable bonds is 5. The Morgan fingerprint density at radius 2 is 1.69 bits per heavy atom. The van der Waals surface area contributed by atoms with E-state index in [0.717, 1.165) is 36.5 Å². The summed E-state index contributed by atoms with van der Waals surface area (Å²) in [6, 6.07) is 9.35. The second-order valence-electron chi connectivity index (χ2n) is 10.3. The van der Waals surface area contributed by atoms with Gasteiger partial charge in [-0.2, -0.15) is 4.72 Å². The van der Waals surface area contributed by atoms with Crippen LogP contribution in [-0.2, 0) is 19.6 Å². The van der Waals surface area contributed by atoms with E-state index in [1.54, 1.807) is 35.2 Å². The molecule has 0 unspecified atom stereocenters. The third kappa shape index (κ3) is 6.26. The summed E-state index contributed by atoms with van der Waals surface area (Å²) in [7, 11) is -3.86. The molecule has 2 amide bonds. The highest BCUT2D eigenvalue weighted by atomic mass is 35.5. The molecule has 2 aromatic rings. The van der Waals surface area contributed by atoms with Crippen molar-refractivity contribution in [3.05, 3.63) is 41.4 Å². The number of carbonyl (C=O) groups is 2. The number of alkyl carbamates (subject to hydrolysis) is 1. The first kappa shape index (κ1) is 25.7. The average molecular weight is 522 g/mol. The number of sulfonamides is 1. The van der Waals surface area contributed by atoms with E-state index in [2.05, 4.69) is 10.0 Å². The number of carbonyl (C=O) groups excluding carboxylic acids is 2. The van der Waals surface area contributed by atoms with Gasteiger partial charge in [0.1, 0.15) is 11.6 Å². The van der Waals surface area contributed by atoms with Crippen molar-refractivity contribution in [2.45, 2.75) is 81.5 Å². The van der Waals surface area contributed by atoms with Gasteiger partial charge in [-0.3, -0.25) is 4.79 Å². The normalized spacial score (nSPS) is 23.5. The molecular weight excluding hydrogens is 490 g/mol. The molecule has 1 aliphatic heterocycles. The van der Waals surface area contributed by atoms with E-state index in [4.69, 9.17) is 16.3 Å². The van der Waals surface area contributed by atoms with Crippen LogP contribution >= 0.6 is 11.6 Å². The van der Waals surface area contributed by atoms with Crippen molar-refractivity contribution in [1.82, 2.24) is 14.9 Å². The Bertz CT molecular complexity index is 1220. The summed E-state index contributed by atoms with van der Waals surface area (Å²) in [5.41, 5.74) is -0.549. The van der Waals surface area contributed by atoms with Crippen LogP contribution in [0.4, 0.5) is 4.79 Å². The lowest BCUT2D eigenvalue weighted by Crippen LogP contribution is -2.48. The van der Waals surface area contributed by atoms with Crippen LogP contribution < -0.4 is 10.0 Å². The van der Waals surface area contributed by atoms with Crippen LogP contribution in [0.1, 0.15) is 52.9 Å². The minimum Gasteiger partial charge on any atom is -0.444 e. The van der Waals surface area contributed by atoms with Crippen molar-refractivity contribution in [2.75, 3.05) is 6.54 Å². The van der Waals surface area contributed by atoms with Gasteiger partial charge < -0.3 is 15.0 Å². The summed E-state index contributed by atoms with van der Waals surface area (Å²) in [4.78, 5) is 27.0. The summed E-state index contributed by atoms with van der Waals surface area (Å²) in [6.45, 7) is 5.98. The Kier molecular flexibility index (Phi) is 7.31. The summed E-state index contributed by atoms with van der Waals surface area (Å²) < 4.78 is 34.0. The molecule has 2 fully saturated rings. The van der Waals surface area contributed by atoms with Gasteiger partial charge in [0.2, 0.25) is 15.9 Å². The molecule has 0 spiro atoms. The number of amides is 2. The number of hydrogen-bond acceptors (Lipinski definition) is 5. The number of likely N-dealkylation sites (tertiary alicyclic amines) is 1. The first-order chi connectivity index (χ1) is 16.4. The number of nitrogens with one attached hydrogen (secondary N) is 2. The fourth-order valence-corrected chi connectivity index (χ4v) is 6.24. The number of halogens is 1. The molecule has 1 saturated heterocycles. The predicted molar refractivity (Wildman–Crippen MR) is 135 cm³/mol. The van der Waals surface area contributed by atoms with Crippen molar-refractivity contribution >= 4 is 44.4 Å². The van der Waals surface area contributed by atoms with Gasteiger partial charge in [0.05, 0.1) is 4.90 Å². The molecule has 2 aliphatic rings. The van der Waals surface area contributed by atoms with Gasteiger partial charge in [-0.1, -0.05) is 23.7 Å². The Labute approximate surface area is 211 Å². The molecule has 35 heavy (non-hydrogen) atoms. The van der Waals surface area contributed by atoms with Crippen LogP contribution in [0.2, 0.25) is 5.02 Å². The van der Waals surface area contributed by atoms with E-state index in [1.807, 2.05) is 20.8 Å². The zero-order valence-electron chi connectivity index (χ0n) is 20.2. The van der Waals surface area contributed by atoms with Crippen molar-refractivity contribution in [1.29, 1.82) is 0 Å². The van der Waals surface area contributed by atoms with Crippen molar-refractivity contribution in [2.24, 2.45) is 0 Å². The van der Waals surface area contributed by atoms with Gasteiger partial charge in [0.25, 0.3) is 0 Å². The molecule has 1 atom stereocenters. The van der Waals surface area contributed by atoms with Gasteiger partial charge in [-0.15, -0.1) is 0 Å². The van der Waals surface area contributed by atoms with E-state index in [-0.39, 0.29) is 22.9 Å². The number of ether oxygens (including phenoxy) is 1. The highest BCUT2D eigenvalue weighted by Crippen LogP contribution is 2.28. The molecule has 1 saturated carbocycles. The van der Waals surface area contributed by atoms with Crippen molar-refractivity contribution in [3.8, 4) is 0 Å². The van der Waals surface area contributed by atoms with Crippen LogP contribution in [0.5, 0.6) is 0 Å². The number of hydrogen-bond donors (Lipinski definition) is 2. The third-order valence-corrected chi connectivity index (χ3v) is 8.18. The zero-order chi connectivity index (χ0) is 25.4. The number of nitrogens with zero attached hydrogens (tertiary/aromatic N) is 1. The summed E-state index contributed by atoms with van der Waals surface area (Å²) in [5, 5.41) is 5.09. The fraction of sp³-hybridized carbons (Fsp3) is 0.520. The van der Waals surface area contributed by atoms with Gasteiger partial charge in [0.15, 0.2) is 0 Å². The molecule has 1 aliphatic carbocycles. The highest BCUT2D eigenvalue weighted by molar-refractivity contribution is 7.89. The highest BCUT2D eigenvalue weighted by Gasteiger charge is 2.39. The van der Waals surface area contributed by atoms with E-state index in [1.165, 1.54) is 6.07 Å². The molecular formula is C25H32ClN3O5S. The molecule has 0 radical (unpaired) electrons. The molecule has 8 nitrogen and oxygen atoms in total. The van der Waals surface area contributed by atoms with Crippen LogP contribution in [-0.4, -0.2) is 55.6 Å². The molecule has 1 heterocycles. The van der Waals surface area contributed by atoms with E-state index >= 15 is 0 Å². The van der Waals surface area contributed by atoms with E-state index in [0.29, 0.717) is 18.0 Å². The van der Waals surface area contributed by atoms with Crippen molar-refractivity contribution in [3.63, 3.8) is 0 Å². The first-order valence-electron chi connectivity index (χ1n) is 11.9. The fourth-order valence-electron chi connectivity index (χ4n) is 4.80. The lowest BCUT2D eigenvalue weighted by molar-refractivity contribution is -0.131. The molecule has 190 valence electrons.